The summed E-state index contributed by atoms with van der Waals surface area (Å²) in [5, 5.41) is 25.8. The lowest BCUT2D eigenvalue weighted by molar-refractivity contribution is 0.0621. The van der Waals surface area contributed by atoms with E-state index in [9.17, 15) is 5.11 Å². The highest BCUT2D eigenvalue weighted by Crippen LogP contribution is 2.22. The average Bonchev–Trinajstić information content (AvgIpc) is 3.25. The summed E-state index contributed by atoms with van der Waals surface area (Å²) in [6, 6.07) is 1.95. The molecule has 2 aromatic rings. The molecule has 2 rings (SSSR count). The van der Waals surface area contributed by atoms with E-state index >= 15 is 0 Å². The molecule has 2 heterocycles. The summed E-state index contributed by atoms with van der Waals surface area (Å²) in [4.78, 5) is 4.73. The number of guanidine groups is 1. The molecule has 0 aromatic carbocycles. The highest BCUT2D eigenvalue weighted by Gasteiger charge is 2.23. The molecule has 0 bridgehead atoms. The largest absolute Gasteiger partial charge is 0.384 e. The van der Waals surface area contributed by atoms with Gasteiger partial charge in [0.25, 0.3) is 0 Å². The summed E-state index contributed by atoms with van der Waals surface area (Å²) in [6.07, 6.45) is 1.83. The Bertz CT molecular complexity index is 719. The molecule has 144 valence electrons. The molecule has 0 aliphatic carbocycles. The van der Waals surface area contributed by atoms with E-state index in [-0.39, 0.29) is 0 Å². The second kappa shape index (κ2) is 9.19. The molecule has 0 aliphatic rings. The van der Waals surface area contributed by atoms with Crippen LogP contribution in [0.2, 0.25) is 0 Å². The van der Waals surface area contributed by atoms with Gasteiger partial charge in [0, 0.05) is 24.8 Å². The van der Waals surface area contributed by atoms with Gasteiger partial charge in [-0.25, -0.2) is 4.99 Å². The Kier molecular flexibility index (Phi) is 7.23. The topological polar surface area (TPSA) is 74.5 Å². The van der Waals surface area contributed by atoms with Crippen LogP contribution < -0.4 is 10.6 Å². The summed E-state index contributed by atoms with van der Waals surface area (Å²) >= 11 is 1.59. The van der Waals surface area contributed by atoms with Gasteiger partial charge in [0.15, 0.2) is 5.96 Å². The third kappa shape index (κ3) is 4.86. The van der Waals surface area contributed by atoms with Crippen LogP contribution in [0.3, 0.4) is 0 Å². The molecule has 0 aliphatic heterocycles. The minimum atomic E-state index is -0.937. The van der Waals surface area contributed by atoms with Crippen molar-refractivity contribution in [3.05, 3.63) is 39.3 Å². The van der Waals surface area contributed by atoms with Gasteiger partial charge in [0.05, 0.1) is 18.8 Å². The molecular weight excluding hydrogens is 346 g/mol. The molecule has 2 aromatic heterocycles. The van der Waals surface area contributed by atoms with Gasteiger partial charge in [-0.1, -0.05) is 13.8 Å². The van der Waals surface area contributed by atoms with Crippen LogP contribution in [0.1, 0.15) is 50.2 Å². The summed E-state index contributed by atoms with van der Waals surface area (Å²) in [6.45, 7) is 9.85. The Morgan fingerprint density at radius 1 is 1.31 bits per heavy atom. The Balaban J connectivity index is 2.12. The van der Waals surface area contributed by atoms with Crippen molar-refractivity contribution in [3.63, 3.8) is 0 Å². The van der Waals surface area contributed by atoms with Crippen molar-refractivity contribution in [2.75, 3.05) is 13.1 Å². The van der Waals surface area contributed by atoms with Gasteiger partial charge in [-0.3, -0.25) is 4.68 Å². The molecule has 1 atom stereocenters. The fraction of sp³-hybridized carbons (Fsp3) is 0.579. The molecule has 26 heavy (non-hydrogen) atoms. The molecule has 0 fully saturated rings. The van der Waals surface area contributed by atoms with Crippen molar-refractivity contribution in [2.24, 2.45) is 12.0 Å². The Hall–Kier alpha value is -1.86. The number of nitrogens with one attached hydrogen (secondary N) is 2. The first-order valence-electron chi connectivity index (χ1n) is 9.23. The quantitative estimate of drug-likeness (QED) is 0.488. The normalized spacial score (nSPS) is 14.3. The van der Waals surface area contributed by atoms with Gasteiger partial charge < -0.3 is 15.7 Å². The van der Waals surface area contributed by atoms with E-state index in [0.717, 1.165) is 30.6 Å². The molecule has 1 unspecified atom stereocenters. The molecule has 7 heteroatoms. The van der Waals surface area contributed by atoms with Gasteiger partial charge in [0.2, 0.25) is 0 Å². The second-order valence-electron chi connectivity index (χ2n) is 6.54. The molecular formula is C19H31N5OS. The van der Waals surface area contributed by atoms with Crippen molar-refractivity contribution in [2.45, 2.75) is 52.7 Å². The molecule has 0 radical (unpaired) electrons. The summed E-state index contributed by atoms with van der Waals surface area (Å²) < 4.78 is 1.96. The SMILES string of the molecule is CCNC(=NCc1c(CC)nn(C)c1CC)NCC(C)(O)c1ccsc1. The zero-order valence-corrected chi connectivity index (χ0v) is 17.3. The van der Waals surface area contributed by atoms with E-state index < -0.39 is 5.60 Å². The van der Waals surface area contributed by atoms with Crippen LogP contribution in [0.4, 0.5) is 0 Å². The number of aromatic nitrogens is 2. The monoisotopic (exact) mass is 377 g/mol. The van der Waals surface area contributed by atoms with Gasteiger partial charge in [-0.05, 0) is 49.1 Å². The Morgan fingerprint density at radius 2 is 2.08 bits per heavy atom. The van der Waals surface area contributed by atoms with Gasteiger partial charge in [-0.2, -0.15) is 16.4 Å². The lowest BCUT2D eigenvalue weighted by Gasteiger charge is -2.24. The Morgan fingerprint density at radius 3 is 2.65 bits per heavy atom. The van der Waals surface area contributed by atoms with Crippen LogP contribution in [0, 0.1) is 0 Å². The number of nitrogens with zero attached hydrogens (tertiary/aromatic N) is 3. The van der Waals surface area contributed by atoms with Crippen molar-refractivity contribution < 1.29 is 5.11 Å². The lowest BCUT2D eigenvalue weighted by Crippen LogP contribution is -2.44. The smallest absolute Gasteiger partial charge is 0.191 e. The van der Waals surface area contributed by atoms with Gasteiger partial charge in [0.1, 0.15) is 5.60 Å². The van der Waals surface area contributed by atoms with Crippen LogP contribution in [0.25, 0.3) is 0 Å². The number of hydrogen-bond acceptors (Lipinski definition) is 4. The van der Waals surface area contributed by atoms with Gasteiger partial charge >= 0.3 is 0 Å². The number of aliphatic imine (C=N–C) groups is 1. The first kappa shape index (κ1) is 20.5. The number of thiophene rings is 1. The second-order valence-corrected chi connectivity index (χ2v) is 7.32. The first-order chi connectivity index (χ1) is 12.4. The number of hydrogen-bond donors (Lipinski definition) is 3. The molecule has 6 nitrogen and oxygen atoms in total. The van der Waals surface area contributed by atoms with Gasteiger partial charge in [-0.15, -0.1) is 0 Å². The van der Waals surface area contributed by atoms with Crippen molar-refractivity contribution in [3.8, 4) is 0 Å². The number of rotatable bonds is 8. The van der Waals surface area contributed by atoms with Crippen LogP contribution in [0.5, 0.6) is 0 Å². The van der Waals surface area contributed by atoms with E-state index in [4.69, 9.17) is 4.99 Å². The van der Waals surface area contributed by atoms with Crippen LogP contribution in [0.15, 0.2) is 21.8 Å². The van der Waals surface area contributed by atoms with E-state index in [2.05, 4.69) is 29.6 Å². The zero-order valence-electron chi connectivity index (χ0n) is 16.5. The minimum absolute atomic E-state index is 0.393. The maximum Gasteiger partial charge on any atom is 0.191 e. The third-order valence-corrected chi connectivity index (χ3v) is 5.19. The number of aliphatic hydroxyl groups is 1. The molecule has 0 spiro atoms. The maximum atomic E-state index is 10.7. The van der Waals surface area contributed by atoms with Crippen molar-refractivity contribution in [1.82, 2.24) is 20.4 Å². The summed E-state index contributed by atoms with van der Waals surface area (Å²) in [5.41, 5.74) is 3.52. The highest BCUT2D eigenvalue weighted by molar-refractivity contribution is 7.08. The summed E-state index contributed by atoms with van der Waals surface area (Å²) in [5.74, 6) is 0.705. The van der Waals surface area contributed by atoms with Crippen molar-refractivity contribution >= 4 is 17.3 Å². The van der Waals surface area contributed by atoms with E-state index in [1.54, 1.807) is 11.3 Å². The molecule has 0 amide bonds. The van der Waals surface area contributed by atoms with E-state index in [0.29, 0.717) is 19.0 Å². The molecule has 0 saturated carbocycles. The predicted molar refractivity (Wildman–Crippen MR) is 109 cm³/mol. The van der Waals surface area contributed by atoms with Crippen LogP contribution in [-0.2, 0) is 32.0 Å². The zero-order chi connectivity index (χ0) is 19.2. The lowest BCUT2D eigenvalue weighted by atomic mass is 9.99. The van der Waals surface area contributed by atoms with Crippen LogP contribution >= 0.6 is 11.3 Å². The van der Waals surface area contributed by atoms with Crippen LogP contribution in [-0.4, -0.2) is 33.9 Å². The number of aryl methyl sites for hydroxylation is 2. The standard InChI is InChI=1S/C19H31N5OS/c1-6-16-15(17(7-2)24(5)23-16)11-21-18(20-8-3)22-13-19(4,25)14-9-10-26-12-14/h9-10,12,25H,6-8,11,13H2,1-5H3,(H2,20,21,22). The highest BCUT2D eigenvalue weighted by atomic mass is 32.1. The molecule has 3 N–H and O–H groups in total. The first-order valence-corrected chi connectivity index (χ1v) is 10.2. The fourth-order valence-corrected chi connectivity index (χ4v) is 3.78. The predicted octanol–water partition coefficient (Wildman–Crippen LogP) is 2.57. The Labute approximate surface area is 160 Å². The van der Waals surface area contributed by atoms with E-state index in [1.165, 1.54) is 11.3 Å². The van der Waals surface area contributed by atoms with E-state index in [1.807, 2.05) is 42.4 Å². The average molecular weight is 378 g/mol. The summed E-state index contributed by atoms with van der Waals surface area (Å²) in [7, 11) is 1.99. The maximum absolute atomic E-state index is 10.7. The third-order valence-electron chi connectivity index (χ3n) is 4.51. The fourth-order valence-electron chi connectivity index (χ4n) is 3.00. The molecule has 0 saturated heterocycles. The minimum Gasteiger partial charge on any atom is -0.384 e. The van der Waals surface area contributed by atoms with Crippen molar-refractivity contribution in [1.29, 1.82) is 0 Å².